The van der Waals surface area contributed by atoms with Crippen molar-refractivity contribution >= 4 is 56.0 Å². The molecule has 2 heterocycles. The average Bonchev–Trinajstić information content (AvgIpc) is 3.23. The number of thiazole rings is 1. The summed E-state index contributed by atoms with van der Waals surface area (Å²) in [4.78, 5) is 24.9. The van der Waals surface area contributed by atoms with Crippen LogP contribution in [0.15, 0.2) is 71.9 Å². The standard InChI is InChI=1S/C23H20ClN3O2S2/c1-2-29-19-6-3-7-20-22(19)26-23(31-20)27(14-16-5-4-12-25-13-16)21(28)15-30-18-10-8-17(24)9-11-18/h3-13H,2,14-15H2,1H3. The minimum atomic E-state index is -0.0270. The predicted octanol–water partition coefficient (Wildman–Crippen LogP) is 6.07. The first-order valence-electron chi connectivity index (χ1n) is 9.74. The number of rotatable bonds is 8. The molecule has 0 aliphatic rings. The Morgan fingerprint density at radius 2 is 2.00 bits per heavy atom. The molecule has 0 saturated carbocycles. The number of fused-ring (bicyclic) bond motifs is 1. The van der Waals surface area contributed by atoms with Crippen molar-refractivity contribution in [1.29, 1.82) is 0 Å². The molecule has 2 aromatic heterocycles. The number of carbonyl (C=O) groups excluding carboxylic acids is 1. The van der Waals surface area contributed by atoms with Crippen LogP contribution < -0.4 is 9.64 Å². The Hall–Kier alpha value is -2.61. The van der Waals surface area contributed by atoms with Gasteiger partial charge in [0.1, 0.15) is 11.3 Å². The van der Waals surface area contributed by atoms with Gasteiger partial charge in [0.2, 0.25) is 5.91 Å². The van der Waals surface area contributed by atoms with E-state index in [4.69, 9.17) is 21.3 Å². The minimum absolute atomic E-state index is 0.0270. The van der Waals surface area contributed by atoms with Crippen LogP contribution in [0.1, 0.15) is 12.5 Å². The fourth-order valence-corrected chi connectivity index (χ4v) is 4.89. The highest BCUT2D eigenvalue weighted by Crippen LogP contribution is 2.35. The van der Waals surface area contributed by atoms with Gasteiger partial charge in [-0.3, -0.25) is 14.7 Å². The molecule has 0 aliphatic carbocycles. The van der Waals surface area contributed by atoms with Gasteiger partial charge in [-0.2, -0.15) is 0 Å². The van der Waals surface area contributed by atoms with Crippen LogP contribution in [-0.4, -0.2) is 28.2 Å². The number of carbonyl (C=O) groups is 1. The summed E-state index contributed by atoms with van der Waals surface area (Å²) in [6, 6.07) is 17.1. The second kappa shape index (κ2) is 10.1. The summed E-state index contributed by atoms with van der Waals surface area (Å²) >= 11 is 8.92. The molecule has 5 nitrogen and oxygen atoms in total. The Labute approximate surface area is 194 Å². The highest BCUT2D eigenvalue weighted by molar-refractivity contribution is 8.00. The number of ether oxygens (including phenoxy) is 1. The van der Waals surface area contributed by atoms with Gasteiger partial charge in [-0.05, 0) is 55.0 Å². The van der Waals surface area contributed by atoms with Gasteiger partial charge < -0.3 is 4.74 Å². The van der Waals surface area contributed by atoms with E-state index < -0.39 is 0 Å². The lowest BCUT2D eigenvalue weighted by Crippen LogP contribution is -2.31. The van der Waals surface area contributed by atoms with E-state index in [1.165, 1.54) is 23.1 Å². The van der Waals surface area contributed by atoms with Crippen LogP contribution in [0.2, 0.25) is 5.02 Å². The lowest BCUT2D eigenvalue weighted by Gasteiger charge is -2.19. The maximum atomic E-state index is 13.3. The van der Waals surface area contributed by atoms with Crippen LogP contribution >= 0.6 is 34.7 Å². The molecule has 0 aliphatic heterocycles. The summed E-state index contributed by atoms with van der Waals surface area (Å²) in [5, 5.41) is 1.32. The van der Waals surface area contributed by atoms with Crippen molar-refractivity contribution in [3.63, 3.8) is 0 Å². The van der Waals surface area contributed by atoms with Crippen molar-refractivity contribution < 1.29 is 9.53 Å². The SMILES string of the molecule is CCOc1cccc2sc(N(Cc3cccnc3)C(=O)CSc3ccc(Cl)cc3)nc12. The molecule has 0 spiro atoms. The van der Waals surface area contributed by atoms with Crippen LogP contribution in [0, 0.1) is 0 Å². The van der Waals surface area contributed by atoms with Gasteiger partial charge in [-0.1, -0.05) is 35.1 Å². The second-order valence-corrected chi connectivity index (χ2v) is 9.11. The molecule has 8 heteroatoms. The summed E-state index contributed by atoms with van der Waals surface area (Å²) in [7, 11) is 0. The molecule has 4 aromatic rings. The number of nitrogens with zero attached hydrogens (tertiary/aromatic N) is 3. The van der Waals surface area contributed by atoms with Crippen molar-refractivity contribution in [3.05, 3.63) is 77.6 Å². The zero-order chi connectivity index (χ0) is 21.6. The molecule has 2 aromatic carbocycles. The Bertz CT molecular complexity index is 1170. The van der Waals surface area contributed by atoms with E-state index in [1.807, 2.05) is 61.5 Å². The van der Waals surface area contributed by atoms with E-state index in [1.54, 1.807) is 17.3 Å². The van der Waals surface area contributed by atoms with Gasteiger partial charge in [0.05, 0.1) is 23.6 Å². The average molecular weight is 470 g/mol. The van der Waals surface area contributed by atoms with Gasteiger partial charge in [-0.15, -0.1) is 11.8 Å². The number of thioether (sulfide) groups is 1. The molecule has 1 amide bonds. The monoisotopic (exact) mass is 469 g/mol. The number of aromatic nitrogens is 2. The highest BCUT2D eigenvalue weighted by Gasteiger charge is 2.21. The van der Waals surface area contributed by atoms with Gasteiger partial charge in [-0.25, -0.2) is 4.98 Å². The molecule has 0 saturated heterocycles. The summed E-state index contributed by atoms with van der Waals surface area (Å²) in [5.41, 5.74) is 1.72. The first-order chi connectivity index (χ1) is 15.1. The normalized spacial score (nSPS) is 10.9. The summed E-state index contributed by atoms with van der Waals surface area (Å²) < 4.78 is 6.70. The fourth-order valence-electron chi connectivity index (χ4n) is 2.99. The van der Waals surface area contributed by atoms with E-state index in [0.29, 0.717) is 23.3 Å². The van der Waals surface area contributed by atoms with Crippen LogP contribution in [0.25, 0.3) is 10.2 Å². The highest BCUT2D eigenvalue weighted by atomic mass is 35.5. The lowest BCUT2D eigenvalue weighted by molar-refractivity contribution is -0.116. The number of pyridine rings is 1. The number of benzene rings is 2. The summed E-state index contributed by atoms with van der Waals surface area (Å²) in [6.45, 7) is 2.90. The zero-order valence-electron chi connectivity index (χ0n) is 16.8. The Morgan fingerprint density at radius 3 is 2.74 bits per heavy atom. The molecule has 0 unspecified atom stereocenters. The number of halogens is 1. The van der Waals surface area contributed by atoms with E-state index in [0.717, 1.165) is 26.4 Å². The van der Waals surface area contributed by atoms with Crippen LogP contribution in [0.4, 0.5) is 5.13 Å². The number of hydrogen-bond acceptors (Lipinski definition) is 6. The van der Waals surface area contributed by atoms with Crippen molar-refractivity contribution in [3.8, 4) is 5.75 Å². The Balaban J connectivity index is 1.62. The largest absolute Gasteiger partial charge is 0.492 e. The van der Waals surface area contributed by atoms with Crippen LogP contribution in [0.3, 0.4) is 0 Å². The Kier molecular flexibility index (Phi) is 7.06. The van der Waals surface area contributed by atoms with Crippen molar-refractivity contribution in [2.45, 2.75) is 18.4 Å². The van der Waals surface area contributed by atoms with Gasteiger partial charge in [0.25, 0.3) is 0 Å². The Morgan fingerprint density at radius 1 is 1.16 bits per heavy atom. The molecule has 0 N–H and O–H groups in total. The molecule has 0 radical (unpaired) electrons. The van der Waals surface area contributed by atoms with Gasteiger partial charge in [0.15, 0.2) is 5.13 Å². The first kappa shape index (κ1) is 21.6. The third kappa shape index (κ3) is 5.36. The summed E-state index contributed by atoms with van der Waals surface area (Å²) in [6.07, 6.45) is 3.49. The van der Waals surface area contributed by atoms with E-state index in [2.05, 4.69) is 4.98 Å². The molecule has 4 rings (SSSR count). The predicted molar refractivity (Wildman–Crippen MR) is 128 cm³/mol. The minimum Gasteiger partial charge on any atom is -0.492 e. The molecular formula is C23H20ClN3O2S2. The van der Waals surface area contributed by atoms with E-state index >= 15 is 0 Å². The molecule has 0 fully saturated rings. The zero-order valence-corrected chi connectivity index (χ0v) is 19.2. The third-order valence-electron chi connectivity index (χ3n) is 4.44. The van der Waals surface area contributed by atoms with Crippen molar-refractivity contribution in [1.82, 2.24) is 9.97 Å². The van der Waals surface area contributed by atoms with Gasteiger partial charge in [0, 0.05) is 22.3 Å². The maximum absolute atomic E-state index is 13.3. The molecular weight excluding hydrogens is 450 g/mol. The van der Waals surface area contributed by atoms with E-state index in [9.17, 15) is 4.79 Å². The maximum Gasteiger partial charge on any atom is 0.239 e. The number of amides is 1. The first-order valence-corrected chi connectivity index (χ1v) is 11.9. The smallest absolute Gasteiger partial charge is 0.239 e. The molecule has 0 atom stereocenters. The lowest BCUT2D eigenvalue weighted by atomic mass is 10.2. The summed E-state index contributed by atoms with van der Waals surface area (Å²) in [5.74, 6) is 0.989. The fraction of sp³-hybridized carbons (Fsp3) is 0.174. The van der Waals surface area contributed by atoms with Gasteiger partial charge >= 0.3 is 0 Å². The van der Waals surface area contributed by atoms with Crippen LogP contribution in [0.5, 0.6) is 5.75 Å². The number of anilines is 1. The number of para-hydroxylation sites is 1. The number of hydrogen-bond donors (Lipinski definition) is 0. The van der Waals surface area contributed by atoms with E-state index in [-0.39, 0.29) is 11.7 Å². The molecule has 0 bridgehead atoms. The third-order valence-corrected chi connectivity index (χ3v) is 6.73. The quantitative estimate of drug-likeness (QED) is 0.293. The van der Waals surface area contributed by atoms with Crippen molar-refractivity contribution in [2.75, 3.05) is 17.3 Å². The molecule has 31 heavy (non-hydrogen) atoms. The van der Waals surface area contributed by atoms with Crippen molar-refractivity contribution in [2.24, 2.45) is 0 Å². The topological polar surface area (TPSA) is 55.3 Å². The van der Waals surface area contributed by atoms with Crippen LogP contribution in [-0.2, 0) is 11.3 Å². The second-order valence-electron chi connectivity index (χ2n) is 6.62. The molecule has 158 valence electrons.